The van der Waals surface area contributed by atoms with Gasteiger partial charge in [0.25, 0.3) is 6.29 Å². The highest BCUT2D eigenvalue weighted by atomic mass is 19.1. The van der Waals surface area contributed by atoms with Gasteiger partial charge in [0.15, 0.2) is 5.78 Å². The maximum atomic E-state index is 15.2. The third-order valence-corrected chi connectivity index (χ3v) is 7.34. The van der Waals surface area contributed by atoms with Crippen LogP contribution in [0.1, 0.15) is 74.4 Å². The third-order valence-electron chi connectivity index (χ3n) is 7.34. The van der Waals surface area contributed by atoms with Gasteiger partial charge in [0.2, 0.25) is 5.78 Å². The summed E-state index contributed by atoms with van der Waals surface area (Å²) in [4.78, 5) is 54.3. The Hall–Kier alpha value is -4.41. The fourth-order valence-corrected chi connectivity index (χ4v) is 4.27. The van der Waals surface area contributed by atoms with Gasteiger partial charge in [0.1, 0.15) is 36.1 Å². The Kier molecular flexibility index (Phi) is 11.3. The summed E-state index contributed by atoms with van der Waals surface area (Å²) < 4.78 is 25.9. The van der Waals surface area contributed by atoms with Crippen LogP contribution in [-0.2, 0) is 14.3 Å². The zero-order chi connectivity index (χ0) is 31.8. The first kappa shape index (κ1) is 33.1. The molecule has 0 saturated heterocycles. The Balaban J connectivity index is 1.73. The number of aliphatic hydroxyl groups is 1. The highest BCUT2D eigenvalue weighted by molar-refractivity contribution is 5.99. The molecule has 0 bridgehead atoms. The van der Waals surface area contributed by atoms with Crippen LogP contribution in [0.2, 0.25) is 0 Å². The number of ketones is 2. The SMILES string of the molecule is CCC(=O)c1ccc(F)c(C2CC2NC(=O)Nc2ccc(C#N)cn2)c1OC(O)C(=O)C(C)COC(=O)[C@@H](N)[C@@H](C)CC. The van der Waals surface area contributed by atoms with Crippen LogP contribution < -0.4 is 21.1 Å². The van der Waals surface area contributed by atoms with Gasteiger partial charge in [0.05, 0.1) is 17.0 Å². The smallest absolute Gasteiger partial charge is 0.323 e. The molecule has 4 unspecified atom stereocenters. The number of anilines is 1. The Morgan fingerprint density at radius 2 is 1.93 bits per heavy atom. The predicted molar refractivity (Wildman–Crippen MR) is 152 cm³/mol. The van der Waals surface area contributed by atoms with Gasteiger partial charge >= 0.3 is 12.0 Å². The van der Waals surface area contributed by atoms with E-state index in [4.69, 9.17) is 20.5 Å². The van der Waals surface area contributed by atoms with E-state index in [1.807, 2.05) is 13.0 Å². The van der Waals surface area contributed by atoms with E-state index in [0.717, 1.165) is 6.07 Å². The monoisotopic (exact) mass is 597 g/mol. The van der Waals surface area contributed by atoms with Crippen LogP contribution >= 0.6 is 0 Å². The number of amides is 2. The number of hydrogen-bond donors (Lipinski definition) is 4. The number of esters is 1. The van der Waals surface area contributed by atoms with E-state index in [1.54, 1.807) is 13.8 Å². The van der Waals surface area contributed by atoms with Crippen LogP contribution in [0, 0.1) is 29.0 Å². The molecule has 3 rings (SSSR count). The molecule has 12 nitrogen and oxygen atoms in total. The highest BCUT2D eigenvalue weighted by Crippen LogP contribution is 2.47. The van der Waals surface area contributed by atoms with Gasteiger partial charge in [-0.3, -0.25) is 19.7 Å². The lowest BCUT2D eigenvalue weighted by molar-refractivity contribution is -0.153. The molecule has 1 aliphatic carbocycles. The summed E-state index contributed by atoms with van der Waals surface area (Å²) in [7, 11) is 0. The van der Waals surface area contributed by atoms with Crippen molar-refractivity contribution in [1.29, 1.82) is 5.26 Å². The van der Waals surface area contributed by atoms with Gasteiger partial charge in [-0.2, -0.15) is 5.26 Å². The maximum Gasteiger partial charge on any atom is 0.323 e. The van der Waals surface area contributed by atoms with E-state index in [1.165, 1.54) is 31.3 Å². The summed E-state index contributed by atoms with van der Waals surface area (Å²) in [6.07, 6.45) is 0.183. The first-order valence-electron chi connectivity index (χ1n) is 14.0. The summed E-state index contributed by atoms with van der Waals surface area (Å²) in [5.74, 6) is -4.54. The average molecular weight is 598 g/mol. The molecule has 2 amide bonds. The number of rotatable bonds is 14. The molecule has 0 spiro atoms. The van der Waals surface area contributed by atoms with Gasteiger partial charge in [-0.05, 0) is 36.6 Å². The van der Waals surface area contributed by atoms with E-state index in [-0.39, 0.29) is 48.1 Å². The number of aromatic nitrogens is 1. The lowest BCUT2D eigenvalue weighted by Crippen LogP contribution is -2.40. The van der Waals surface area contributed by atoms with E-state index >= 15 is 4.39 Å². The van der Waals surface area contributed by atoms with Crippen molar-refractivity contribution in [2.75, 3.05) is 11.9 Å². The molecular weight excluding hydrogens is 561 g/mol. The van der Waals surface area contributed by atoms with Crippen LogP contribution in [0.4, 0.5) is 15.0 Å². The average Bonchev–Trinajstić information content (AvgIpc) is 3.76. The molecule has 1 aliphatic rings. The van der Waals surface area contributed by atoms with Crippen LogP contribution in [-0.4, -0.2) is 58.6 Å². The lowest BCUT2D eigenvalue weighted by atomic mass is 9.99. The third kappa shape index (κ3) is 8.33. The molecule has 1 saturated carbocycles. The summed E-state index contributed by atoms with van der Waals surface area (Å²) >= 11 is 0. The normalized spacial score (nSPS) is 18.3. The molecule has 0 radical (unpaired) electrons. The van der Waals surface area contributed by atoms with E-state index in [9.17, 15) is 24.3 Å². The topological polar surface area (TPSA) is 194 Å². The number of nitrogens with two attached hydrogens (primary N) is 1. The van der Waals surface area contributed by atoms with Gasteiger partial charge in [-0.1, -0.05) is 34.1 Å². The second-order valence-electron chi connectivity index (χ2n) is 10.5. The molecule has 6 atom stereocenters. The number of urea groups is 1. The van der Waals surface area contributed by atoms with Gasteiger partial charge in [0, 0.05) is 30.1 Å². The minimum atomic E-state index is -2.10. The van der Waals surface area contributed by atoms with Crippen molar-refractivity contribution >= 4 is 29.4 Å². The largest absolute Gasteiger partial charge is 0.464 e. The van der Waals surface area contributed by atoms with Crippen molar-refractivity contribution in [2.45, 2.75) is 71.2 Å². The maximum absolute atomic E-state index is 15.2. The second-order valence-corrected chi connectivity index (χ2v) is 10.5. The number of Topliss-reactive ketones (excluding diaryl/α,β-unsaturated/α-hetero) is 2. The molecule has 5 N–H and O–H groups in total. The molecule has 2 aromatic rings. The number of carbonyl (C=O) groups is 4. The number of nitrogens with zero attached hydrogens (tertiary/aromatic N) is 2. The number of nitriles is 1. The molecule has 1 aromatic carbocycles. The number of halogens is 1. The number of aliphatic hydroxyl groups excluding tert-OH is 1. The van der Waals surface area contributed by atoms with Crippen molar-refractivity contribution in [2.24, 2.45) is 17.6 Å². The number of hydrogen-bond acceptors (Lipinski definition) is 10. The number of pyridine rings is 1. The van der Waals surface area contributed by atoms with E-state index < -0.39 is 59.6 Å². The van der Waals surface area contributed by atoms with Gasteiger partial charge in [-0.25, -0.2) is 14.2 Å². The number of benzene rings is 1. The Bertz CT molecular complexity index is 1390. The minimum Gasteiger partial charge on any atom is -0.464 e. The fourth-order valence-electron chi connectivity index (χ4n) is 4.27. The summed E-state index contributed by atoms with van der Waals surface area (Å²) in [5.41, 5.74) is 6.09. The molecule has 1 aromatic heterocycles. The number of nitrogens with one attached hydrogen (secondary N) is 2. The molecular formula is C30H36FN5O7. The molecule has 0 aliphatic heterocycles. The second kappa shape index (κ2) is 14.7. The molecule has 1 heterocycles. The summed E-state index contributed by atoms with van der Waals surface area (Å²) in [5, 5.41) is 24.8. The zero-order valence-corrected chi connectivity index (χ0v) is 24.4. The van der Waals surface area contributed by atoms with Crippen LogP contribution in [0.25, 0.3) is 0 Å². The Labute approximate surface area is 248 Å². The van der Waals surface area contributed by atoms with Crippen LogP contribution in [0.15, 0.2) is 30.5 Å². The Morgan fingerprint density at radius 1 is 1.21 bits per heavy atom. The minimum absolute atomic E-state index is 0.0266. The molecule has 13 heteroatoms. The predicted octanol–water partition coefficient (Wildman–Crippen LogP) is 3.18. The molecule has 1 fully saturated rings. The Morgan fingerprint density at radius 3 is 2.53 bits per heavy atom. The molecule has 43 heavy (non-hydrogen) atoms. The first-order valence-corrected chi connectivity index (χ1v) is 14.0. The number of ether oxygens (including phenoxy) is 2. The van der Waals surface area contributed by atoms with Crippen LogP contribution in [0.5, 0.6) is 5.75 Å². The summed E-state index contributed by atoms with van der Waals surface area (Å²) in [6, 6.07) is 5.12. The van der Waals surface area contributed by atoms with Gasteiger partial charge < -0.3 is 25.6 Å². The van der Waals surface area contributed by atoms with Crippen molar-refractivity contribution in [3.05, 3.63) is 53.0 Å². The van der Waals surface area contributed by atoms with Crippen molar-refractivity contribution in [3.63, 3.8) is 0 Å². The van der Waals surface area contributed by atoms with Crippen LogP contribution in [0.3, 0.4) is 0 Å². The number of carbonyl (C=O) groups excluding carboxylic acids is 4. The van der Waals surface area contributed by atoms with Crippen molar-refractivity contribution in [1.82, 2.24) is 10.3 Å². The molecule has 230 valence electrons. The van der Waals surface area contributed by atoms with Crippen molar-refractivity contribution < 1.29 is 38.1 Å². The van der Waals surface area contributed by atoms with E-state index in [0.29, 0.717) is 12.0 Å². The first-order chi connectivity index (χ1) is 20.4. The van der Waals surface area contributed by atoms with E-state index in [2.05, 4.69) is 15.6 Å². The fraction of sp³-hybridized carbons (Fsp3) is 0.467. The lowest BCUT2D eigenvalue weighted by Gasteiger charge is -2.22. The standard InChI is InChI=1S/C30H36FN5O7/c1-5-15(3)25(33)28(39)42-14-16(4)26(38)29(40)43-27-18(22(37)6-2)8-9-20(31)24(27)19-11-21(19)35-30(41)36-23-10-7-17(12-32)13-34-23/h7-10,13,15-16,19,21,25,29,40H,5-6,11,14,33H2,1-4H3,(H2,34,35,36,41)/t15-,16?,19?,21?,25-,29?/m0/s1. The van der Waals surface area contributed by atoms with Gasteiger partial charge in [-0.15, -0.1) is 0 Å². The summed E-state index contributed by atoms with van der Waals surface area (Å²) in [6.45, 7) is 6.32. The zero-order valence-electron chi connectivity index (χ0n) is 24.4. The highest BCUT2D eigenvalue weighted by Gasteiger charge is 2.44. The van der Waals surface area contributed by atoms with Crippen molar-refractivity contribution in [3.8, 4) is 11.8 Å². The quantitative estimate of drug-likeness (QED) is 0.143.